The van der Waals surface area contributed by atoms with E-state index in [1.54, 1.807) is 12.1 Å². The summed E-state index contributed by atoms with van der Waals surface area (Å²) in [4.78, 5) is 11.0. The van der Waals surface area contributed by atoms with Crippen LogP contribution in [0, 0.1) is 6.92 Å². The number of benzene rings is 2. The van der Waals surface area contributed by atoms with Crippen LogP contribution in [0.25, 0.3) is 0 Å². The molecule has 2 rings (SSSR count). The molecule has 0 heterocycles. The Bertz CT molecular complexity index is 626. The molecule has 3 nitrogen and oxygen atoms in total. The third kappa shape index (κ3) is 3.83. The summed E-state index contributed by atoms with van der Waals surface area (Å²) < 4.78 is 0. The molecule has 0 spiro atoms. The van der Waals surface area contributed by atoms with Crippen molar-refractivity contribution in [1.29, 1.82) is 0 Å². The fourth-order valence-corrected chi connectivity index (χ4v) is 2.25. The number of primary amides is 1. The Balaban J connectivity index is 1.96. The van der Waals surface area contributed by atoms with Crippen LogP contribution < -0.4 is 11.1 Å². The maximum atomic E-state index is 11.0. The molecular formula is C16H17ClN2O. The summed E-state index contributed by atoms with van der Waals surface area (Å²) in [5, 5.41) is 3.89. The lowest BCUT2D eigenvalue weighted by Crippen LogP contribution is -2.14. The largest absolute Gasteiger partial charge is 0.366 e. The van der Waals surface area contributed by atoms with Crippen molar-refractivity contribution < 1.29 is 4.79 Å². The average Bonchev–Trinajstić information content (AvgIpc) is 2.40. The van der Waals surface area contributed by atoms with Crippen LogP contribution >= 0.6 is 11.6 Å². The molecule has 0 bridgehead atoms. The number of carbonyl (C=O) groups is 1. The van der Waals surface area contributed by atoms with Gasteiger partial charge in [0.05, 0.1) is 0 Å². The zero-order valence-electron chi connectivity index (χ0n) is 11.3. The van der Waals surface area contributed by atoms with Crippen molar-refractivity contribution in [2.75, 3.05) is 0 Å². The fourth-order valence-electron chi connectivity index (χ4n) is 2.01. The predicted octanol–water partition coefficient (Wildman–Crippen LogP) is 3.04. The Kier molecular flexibility index (Phi) is 4.77. The van der Waals surface area contributed by atoms with E-state index in [9.17, 15) is 4.79 Å². The van der Waals surface area contributed by atoms with Gasteiger partial charge in [0.2, 0.25) is 5.91 Å². The van der Waals surface area contributed by atoms with E-state index in [-0.39, 0.29) is 0 Å². The van der Waals surface area contributed by atoms with Crippen molar-refractivity contribution in [2.24, 2.45) is 5.73 Å². The van der Waals surface area contributed by atoms with Gasteiger partial charge in [-0.25, -0.2) is 0 Å². The van der Waals surface area contributed by atoms with E-state index >= 15 is 0 Å². The highest BCUT2D eigenvalue weighted by molar-refractivity contribution is 6.31. The number of halogens is 1. The topological polar surface area (TPSA) is 55.1 Å². The van der Waals surface area contributed by atoms with Crippen LogP contribution in [0.5, 0.6) is 0 Å². The van der Waals surface area contributed by atoms with Gasteiger partial charge in [-0.2, -0.15) is 0 Å². The van der Waals surface area contributed by atoms with Gasteiger partial charge in [0, 0.05) is 23.7 Å². The molecule has 104 valence electrons. The Morgan fingerprint density at radius 1 is 1.20 bits per heavy atom. The maximum Gasteiger partial charge on any atom is 0.248 e. The Labute approximate surface area is 123 Å². The Hall–Kier alpha value is -1.84. The number of aryl methyl sites for hydroxylation is 1. The average molecular weight is 289 g/mol. The second-order valence-corrected chi connectivity index (χ2v) is 5.17. The van der Waals surface area contributed by atoms with Gasteiger partial charge >= 0.3 is 0 Å². The second kappa shape index (κ2) is 6.55. The summed E-state index contributed by atoms with van der Waals surface area (Å²) in [5.41, 5.74) is 9.06. The zero-order chi connectivity index (χ0) is 14.5. The van der Waals surface area contributed by atoms with Gasteiger partial charge in [0.1, 0.15) is 0 Å². The first-order valence-electron chi connectivity index (χ1n) is 6.41. The lowest BCUT2D eigenvalue weighted by Gasteiger charge is -2.08. The molecule has 0 radical (unpaired) electrons. The first kappa shape index (κ1) is 14.6. The van der Waals surface area contributed by atoms with Crippen molar-refractivity contribution in [3.63, 3.8) is 0 Å². The number of hydrogen-bond acceptors (Lipinski definition) is 2. The van der Waals surface area contributed by atoms with E-state index in [1.807, 2.05) is 12.1 Å². The SMILES string of the molecule is Cc1cccc(CNCc2ccc(C(N)=O)cc2Cl)c1. The Morgan fingerprint density at radius 2 is 2.00 bits per heavy atom. The van der Waals surface area contributed by atoms with E-state index in [2.05, 4.69) is 30.4 Å². The monoisotopic (exact) mass is 288 g/mol. The number of hydrogen-bond donors (Lipinski definition) is 2. The number of nitrogens with one attached hydrogen (secondary N) is 1. The molecule has 0 aliphatic carbocycles. The van der Waals surface area contributed by atoms with Gasteiger partial charge in [-0.05, 0) is 30.2 Å². The highest BCUT2D eigenvalue weighted by atomic mass is 35.5. The summed E-state index contributed by atoms with van der Waals surface area (Å²) in [6, 6.07) is 13.5. The summed E-state index contributed by atoms with van der Waals surface area (Å²) in [7, 11) is 0. The summed E-state index contributed by atoms with van der Waals surface area (Å²) in [5.74, 6) is -0.467. The lowest BCUT2D eigenvalue weighted by molar-refractivity contribution is 0.100. The molecule has 0 atom stereocenters. The van der Waals surface area contributed by atoms with E-state index in [4.69, 9.17) is 17.3 Å². The summed E-state index contributed by atoms with van der Waals surface area (Å²) in [6.07, 6.45) is 0. The summed E-state index contributed by atoms with van der Waals surface area (Å²) >= 11 is 6.13. The van der Waals surface area contributed by atoms with E-state index in [0.717, 1.165) is 12.1 Å². The molecule has 0 saturated carbocycles. The molecule has 0 saturated heterocycles. The fraction of sp³-hybridized carbons (Fsp3) is 0.188. The van der Waals surface area contributed by atoms with Crippen LogP contribution in [0.1, 0.15) is 27.0 Å². The molecule has 0 fully saturated rings. The van der Waals surface area contributed by atoms with Crippen LogP contribution in [-0.4, -0.2) is 5.91 Å². The molecule has 3 N–H and O–H groups in total. The molecule has 0 unspecified atom stereocenters. The highest BCUT2D eigenvalue weighted by Gasteiger charge is 2.05. The zero-order valence-corrected chi connectivity index (χ0v) is 12.1. The van der Waals surface area contributed by atoms with Crippen LogP contribution in [-0.2, 0) is 13.1 Å². The number of rotatable bonds is 5. The number of carbonyl (C=O) groups excluding carboxylic acids is 1. The van der Waals surface area contributed by atoms with Crippen molar-refractivity contribution in [2.45, 2.75) is 20.0 Å². The third-order valence-electron chi connectivity index (χ3n) is 3.06. The van der Waals surface area contributed by atoms with Crippen LogP contribution in [0.3, 0.4) is 0 Å². The molecule has 2 aromatic rings. The van der Waals surface area contributed by atoms with Crippen molar-refractivity contribution in [3.8, 4) is 0 Å². The van der Waals surface area contributed by atoms with Crippen molar-refractivity contribution in [1.82, 2.24) is 5.32 Å². The molecular weight excluding hydrogens is 272 g/mol. The minimum atomic E-state index is -0.467. The van der Waals surface area contributed by atoms with Gasteiger partial charge in [-0.1, -0.05) is 47.5 Å². The molecule has 0 aromatic heterocycles. The molecule has 1 amide bonds. The van der Waals surface area contributed by atoms with Crippen LogP contribution in [0.2, 0.25) is 5.02 Å². The molecule has 0 aliphatic rings. The molecule has 0 aliphatic heterocycles. The predicted molar refractivity (Wildman–Crippen MR) is 81.7 cm³/mol. The number of nitrogens with two attached hydrogens (primary N) is 1. The van der Waals surface area contributed by atoms with Gasteiger partial charge in [0.15, 0.2) is 0 Å². The van der Waals surface area contributed by atoms with Gasteiger partial charge in [-0.3, -0.25) is 4.79 Å². The first-order chi connectivity index (χ1) is 9.56. The maximum absolute atomic E-state index is 11.0. The van der Waals surface area contributed by atoms with E-state index in [0.29, 0.717) is 17.1 Å². The molecule has 2 aromatic carbocycles. The first-order valence-corrected chi connectivity index (χ1v) is 6.78. The third-order valence-corrected chi connectivity index (χ3v) is 3.42. The Morgan fingerprint density at radius 3 is 2.65 bits per heavy atom. The van der Waals surface area contributed by atoms with Gasteiger partial charge < -0.3 is 11.1 Å². The highest BCUT2D eigenvalue weighted by Crippen LogP contribution is 2.17. The lowest BCUT2D eigenvalue weighted by atomic mass is 10.1. The molecule has 20 heavy (non-hydrogen) atoms. The van der Waals surface area contributed by atoms with Crippen molar-refractivity contribution in [3.05, 3.63) is 69.7 Å². The van der Waals surface area contributed by atoms with Crippen LogP contribution in [0.15, 0.2) is 42.5 Å². The van der Waals surface area contributed by atoms with E-state index < -0.39 is 5.91 Å². The minimum Gasteiger partial charge on any atom is -0.366 e. The smallest absolute Gasteiger partial charge is 0.248 e. The number of amides is 1. The summed E-state index contributed by atoms with van der Waals surface area (Å²) in [6.45, 7) is 3.49. The standard InChI is InChI=1S/C16H17ClN2O/c1-11-3-2-4-12(7-11)9-19-10-14-6-5-13(16(18)20)8-15(14)17/h2-8,19H,9-10H2,1H3,(H2,18,20). The van der Waals surface area contributed by atoms with Gasteiger partial charge in [-0.15, -0.1) is 0 Å². The van der Waals surface area contributed by atoms with E-state index in [1.165, 1.54) is 11.1 Å². The quantitative estimate of drug-likeness (QED) is 0.888. The van der Waals surface area contributed by atoms with Gasteiger partial charge in [0.25, 0.3) is 0 Å². The van der Waals surface area contributed by atoms with Crippen molar-refractivity contribution >= 4 is 17.5 Å². The second-order valence-electron chi connectivity index (χ2n) is 4.76. The van der Waals surface area contributed by atoms with Crippen LogP contribution in [0.4, 0.5) is 0 Å². The molecule has 4 heteroatoms. The minimum absolute atomic E-state index is 0.428. The normalized spacial score (nSPS) is 10.5.